The zero-order chi connectivity index (χ0) is 28.0. The fraction of sp³-hybridized carbons (Fsp3) is 0.108. The molecule has 1 heterocycles. The highest BCUT2D eigenvalue weighted by Crippen LogP contribution is 2.54. The SMILES string of the molecule is Cc1ccccc1-c1ccc2c(c1Nc1nc(-c3ccccc3)nc(-c3ccccc3)n1)C(C)(C)c1ccccc1-2. The zero-order valence-electron chi connectivity index (χ0n) is 23.4. The Morgan fingerprint density at radius 3 is 1.68 bits per heavy atom. The fourth-order valence-electron chi connectivity index (χ4n) is 6.08. The van der Waals surface area contributed by atoms with Crippen LogP contribution in [0.15, 0.2) is 121 Å². The minimum Gasteiger partial charge on any atom is -0.323 e. The molecule has 0 radical (unpaired) electrons. The highest BCUT2D eigenvalue weighted by atomic mass is 15.2. The molecule has 0 saturated carbocycles. The Morgan fingerprint density at radius 1 is 0.512 bits per heavy atom. The minimum atomic E-state index is -0.218. The van der Waals surface area contributed by atoms with E-state index in [9.17, 15) is 0 Å². The summed E-state index contributed by atoms with van der Waals surface area (Å²) >= 11 is 0. The summed E-state index contributed by atoms with van der Waals surface area (Å²) in [6.07, 6.45) is 0. The van der Waals surface area contributed by atoms with Crippen molar-refractivity contribution in [2.45, 2.75) is 26.2 Å². The molecule has 0 spiro atoms. The molecule has 5 aromatic carbocycles. The molecule has 6 aromatic rings. The summed E-state index contributed by atoms with van der Waals surface area (Å²) in [6.45, 7) is 6.78. The van der Waals surface area contributed by atoms with Crippen LogP contribution in [0, 0.1) is 6.92 Å². The topological polar surface area (TPSA) is 50.7 Å². The number of nitrogens with one attached hydrogen (secondary N) is 1. The molecular formula is C37H30N4. The minimum absolute atomic E-state index is 0.218. The molecule has 0 saturated heterocycles. The number of anilines is 2. The first kappa shape index (κ1) is 24.9. The lowest BCUT2D eigenvalue weighted by Gasteiger charge is -2.27. The van der Waals surface area contributed by atoms with Crippen LogP contribution in [0.5, 0.6) is 0 Å². The molecule has 1 aliphatic rings. The van der Waals surface area contributed by atoms with Gasteiger partial charge in [0.2, 0.25) is 5.95 Å². The number of hydrogen-bond donors (Lipinski definition) is 1. The van der Waals surface area contributed by atoms with Gasteiger partial charge in [-0.25, -0.2) is 4.98 Å². The maximum atomic E-state index is 4.97. The third kappa shape index (κ3) is 4.29. The van der Waals surface area contributed by atoms with E-state index in [0.717, 1.165) is 22.4 Å². The van der Waals surface area contributed by atoms with Gasteiger partial charge in [-0.2, -0.15) is 9.97 Å². The van der Waals surface area contributed by atoms with Crippen molar-refractivity contribution in [3.63, 3.8) is 0 Å². The smallest absolute Gasteiger partial charge is 0.231 e. The Balaban J connectivity index is 1.47. The number of hydrogen-bond acceptors (Lipinski definition) is 4. The zero-order valence-corrected chi connectivity index (χ0v) is 23.4. The van der Waals surface area contributed by atoms with Gasteiger partial charge in [0.25, 0.3) is 0 Å². The second-order valence-electron chi connectivity index (χ2n) is 11.1. The van der Waals surface area contributed by atoms with Crippen LogP contribution in [0.1, 0.15) is 30.5 Å². The highest BCUT2D eigenvalue weighted by Gasteiger charge is 2.38. The van der Waals surface area contributed by atoms with Crippen molar-refractivity contribution in [3.05, 3.63) is 138 Å². The van der Waals surface area contributed by atoms with Crippen LogP contribution in [0.2, 0.25) is 0 Å². The largest absolute Gasteiger partial charge is 0.323 e. The second kappa shape index (κ2) is 9.83. The van der Waals surface area contributed by atoms with Crippen molar-refractivity contribution in [2.24, 2.45) is 0 Å². The van der Waals surface area contributed by atoms with Crippen molar-refractivity contribution in [1.29, 1.82) is 0 Å². The van der Waals surface area contributed by atoms with Crippen LogP contribution in [0.3, 0.4) is 0 Å². The first-order valence-electron chi connectivity index (χ1n) is 14.0. The summed E-state index contributed by atoms with van der Waals surface area (Å²) in [5.41, 5.74) is 11.3. The van der Waals surface area contributed by atoms with Crippen molar-refractivity contribution in [2.75, 3.05) is 5.32 Å². The molecule has 4 heteroatoms. The number of aryl methyl sites for hydroxylation is 1. The van der Waals surface area contributed by atoms with Gasteiger partial charge in [0.1, 0.15) is 0 Å². The van der Waals surface area contributed by atoms with Gasteiger partial charge in [-0.1, -0.05) is 135 Å². The number of rotatable bonds is 5. The molecule has 0 fully saturated rings. The van der Waals surface area contributed by atoms with E-state index in [-0.39, 0.29) is 5.41 Å². The van der Waals surface area contributed by atoms with Gasteiger partial charge in [0.05, 0.1) is 5.69 Å². The molecular weight excluding hydrogens is 500 g/mol. The summed E-state index contributed by atoms with van der Waals surface area (Å²) in [5.74, 6) is 1.79. The molecule has 1 aromatic heterocycles. The first-order valence-corrected chi connectivity index (χ1v) is 14.0. The van der Waals surface area contributed by atoms with E-state index in [1.807, 2.05) is 60.7 Å². The van der Waals surface area contributed by atoms with E-state index in [4.69, 9.17) is 15.0 Å². The summed E-state index contributed by atoms with van der Waals surface area (Å²) in [7, 11) is 0. The molecule has 1 N–H and O–H groups in total. The maximum absolute atomic E-state index is 4.97. The second-order valence-corrected chi connectivity index (χ2v) is 11.1. The third-order valence-electron chi connectivity index (χ3n) is 8.09. The fourth-order valence-corrected chi connectivity index (χ4v) is 6.08. The molecule has 41 heavy (non-hydrogen) atoms. The van der Waals surface area contributed by atoms with Gasteiger partial charge in [-0.05, 0) is 40.3 Å². The van der Waals surface area contributed by atoms with Crippen LogP contribution in [0.4, 0.5) is 11.6 Å². The van der Waals surface area contributed by atoms with Gasteiger partial charge < -0.3 is 5.32 Å². The Hall–Kier alpha value is -5.09. The van der Waals surface area contributed by atoms with Crippen LogP contribution in [-0.2, 0) is 5.41 Å². The molecule has 0 amide bonds. The number of fused-ring (bicyclic) bond motifs is 3. The average molecular weight is 531 g/mol. The summed E-state index contributed by atoms with van der Waals surface area (Å²) in [5, 5.41) is 3.75. The van der Waals surface area contributed by atoms with Gasteiger partial charge in [0.15, 0.2) is 11.6 Å². The van der Waals surface area contributed by atoms with Crippen molar-refractivity contribution in [1.82, 2.24) is 15.0 Å². The third-order valence-corrected chi connectivity index (χ3v) is 8.09. The van der Waals surface area contributed by atoms with E-state index < -0.39 is 0 Å². The molecule has 198 valence electrons. The van der Waals surface area contributed by atoms with Gasteiger partial charge in [-0.15, -0.1) is 0 Å². The molecule has 0 aliphatic heterocycles. The van der Waals surface area contributed by atoms with Crippen LogP contribution in [-0.4, -0.2) is 15.0 Å². The lowest BCUT2D eigenvalue weighted by atomic mass is 9.80. The van der Waals surface area contributed by atoms with E-state index in [1.165, 1.54) is 33.4 Å². The summed E-state index contributed by atoms with van der Waals surface area (Å²) < 4.78 is 0. The number of nitrogens with zero attached hydrogens (tertiary/aromatic N) is 3. The highest BCUT2D eigenvalue weighted by molar-refractivity contribution is 5.94. The number of benzene rings is 5. The first-order chi connectivity index (χ1) is 20.0. The van der Waals surface area contributed by atoms with Gasteiger partial charge in [-0.3, -0.25) is 0 Å². The lowest BCUT2D eigenvalue weighted by molar-refractivity contribution is 0.662. The molecule has 1 aliphatic carbocycles. The maximum Gasteiger partial charge on any atom is 0.231 e. The average Bonchev–Trinajstić information content (AvgIpc) is 3.25. The predicted molar refractivity (Wildman–Crippen MR) is 168 cm³/mol. The molecule has 7 rings (SSSR count). The van der Waals surface area contributed by atoms with E-state index in [1.54, 1.807) is 0 Å². The Bertz CT molecular complexity index is 1830. The van der Waals surface area contributed by atoms with Gasteiger partial charge in [0, 0.05) is 22.1 Å². The summed E-state index contributed by atoms with van der Waals surface area (Å²) in [4.78, 5) is 14.8. The van der Waals surface area contributed by atoms with Gasteiger partial charge >= 0.3 is 0 Å². The van der Waals surface area contributed by atoms with Crippen LogP contribution < -0.4 is 5.32 Å². The van der Waals surface area contributed by atoms with Crippen molar-refractivity contribution >= 4 is 11.6 Å². The molecule has 0 unspecified atom stereocenters. The lowest BCUT2D eigenvalue weighted by Crippen LogP contribution is -2.18. The normalized spacial score (nSPS) is 13.0. The van der Waals surface area contributed by atoms with Crippen molar-refractivity contribution < 1.29 is 0 Å². The van der Waals surface area contributed by atoms with Crippen molar-refractivity contribution in [3.8, 4) is 45.0 Å². The molecule has 4 nitrogen and oxygen atoms in total. The predicted octanol–water partition coefficient (Wildman–Crippen LogP) is 9.23. The van der Waals surface area contributed by atoms with E-state index in [0.29, 0.717) is 17.6 Å². The quantitative estimate of drug-likeness (QED) is 0.241. The summed E-state index contributed by atoms with van der Waals surface area (Å²) in [6, 6.07) is 42.0. The van der Waals surface area contributed by atoms with E-state index >= 15 is 0 Å². The van der Waals surface area contributed by atoms with E-state index in [2.05, 4.69) is 86.8 Å². The Kier molecular flexibility index (Phi) is 5.97. The van der Waals surface area contributed by atoms with Crippen LogP contribution in [0.25, 0.3) is 45.0 Å². The number of aromatic nitrogens is 3. The monoisotopic (exact) mass is 530 g/mol. The molecule has 0 bridgehead atoms. The van der Waals surface area contributed by atoms with Crippen LogP contribution >= 0.6 is 0 Å². The molecule has 0 atom stereocenters. The standard InChI is InChI=1S/C37H30N4/c1-24-14-10-11-19-27(24)30-23-22-29-28-20-12-13-21-31(28)37(2,3)32(29)33(30)38-36-40-34(25-15-6-4-7-16-25)39-35(41-36)26-17-8-5-9-18-26/h4-23H,1-3H3,(H,38,39,40,41). The Morgan fingerprint density at radius 2 is 1.05 bits per heavy atom. The Labute approximate surface area is 240 Å².